The summed E-state index contributed by atoms with van der Waals surface area (Å²) in [5, 5.41) is 8.39. The van der Waals surface area contributed by atoms with Gasteiger partial charge in [0.1, 0.15) is 5.82 Å². The topological polar surface area (TPSA) is 126 Å². The Morgan fingerprint density at radius 2 is 1.78 bits per heavy atom. The van der Waals surface area contributed by atoms with Crippen LogP contribution in [0.3, 0.4) is 0 Å². The number of rotatable bonds is 8. The van der Waals surface area contributed by atoms with Crippen molar-refractivity contribution in [3.63, 3.8) is 0 Å². The number of anilines is 1. The average Bonchev–Trinajstić information content (AvgIpc) is 3.35. The number of amides is 2. The molecule has 3 aromatic heterocycles. The Kier molecular flexibility index (Phi) is 8.20. The van der Waals surface area contributed by atoms with Crippen molar-refractivity contribution >= 4 is 50.2 Å². The van der Waals surface area contributed by atoms with Gasteiger partial charge in [-0.05, 0) is 6.92 Å². The third-order valence-electron chi connectivity index (χ3n) is 9.16. The number of hydrogen-bond donors (Lipinski definition) is 1. The third-order valence-corrected chi connectivity index (χ3v) is 13.9. The molecule has 13 heteroatoms. The number of benzene rings is 1. The molecule has 11 nitrogen and oxygen atoms in total. The number of pyridine rings is 1. The van der Waals surface area contributed by atoms with E-state index in [1.165, 1.54) is 19.8 Å². The number of halogens is 2. The zero-order chi connectivity index (χ0) is 32.3. The van der Waals surface area contributed by atoms with E-state index in [1.807, 2.05) is 49.9 Å². The molecular weight excluding hydrogens is 763 g/mol. The number of hydrogen-bond acceptors (Lipinski definition) is 8. The second kappa shape index (κ2) is 12.1. The van der Waals surface area contributed by atoms with E-state index in [0.29, 0.717) is 33.7 Å². The number of nitrogens with zero attached hydrogens (tertiary/aromatic N) is 7. The SMILES string of the molecule is CC(=O)c1nn(CC(=O)N2[C@H](C(=O)Nc3nc(Br)ccc3C)C[C@@]3(CN4CCCC4)[I-][C@@H]23)c2c(C)cc(-c3cnc(C)nc3)cc12. The summed E-state index contributed by atoms with van der Waals surface area (Å²) in [7, 11) is 0. The quantitative estimate of drug-likeness (QED) is 0.0931. The summed E-state index contributed by atoms with van der Waals surface area (Å²) in [4.78, 5) is 58.5. The molecule has 0 radical (unpaired) electrons. The van der Waals surface area contributed by atoms with Gasteiger partial charge in [0.25, 0.3) is 0 Å². The molecule has 240 valence electrons. The fraction of sp³-hybridized carbons (Fsp3) is 0.424. The monoisotopic (exact) mass is 797 g/mol. The predicted octanol–water partition coefficient (Wildman–Crippen LogP) is 1.28. The standard InChI is InChI=1S/C33H35BrIN8O3/c1-18-7-8-26(34)38-30(18)39-31(46)25-13-33(17-41-9-5-6-10-41)32(35-33)43(25)27(45)16-42-29-19(2)11-22(23-14-36-21(4)37-15-23)12-24(29)28(40-42)20(3)44/h7-8,11-12,14-15,25,32H,5-6,9-10,13,16-17H2,1-4H3,(H,38,39,46)/q-1/t25-,32-,33-/m0/s1. The summed E-state index contributed by atoms with van der Waals surface area (Å²) in [5.41, 5.74) is 4.49. The van der Waals surface area contributed by atoms with Crippen molar-refractivity contribution in [1.29, 1.82) is 0 Å². The van der Waals surface area contributed by atoms with Crippen molar-refractivity contribution in [2.75, 3.05) is 25.0 Å². The van der Waals surface area contributed by atoms with Crippen molar-refractivity contribution in [2.45, 2.75) is 67.0 Å². The van der Waals surface area contributed by atoms with Crippen molar-refractivity contribution in [3.8, 4) is 11.1 Å². The van der Waals surface area contributed by atoms with Crippen molar-refractivity contribution in [3.05, 3.63) is 63.9 Å². The van der Waals surface area contributed by atoms with E-state index in [1.54, 1.807) is 17.1 Å². The van der Waals surface area contributed by atoms with Gasteiger partial charge in [-0.15, -0.1) is 0 Å². The zero-order valence-corrected chi connectivity index (χ0v) is 29.9. The maximum atomic E-state index is 14.3. The fourth-order valence-electron chi connectivity index (χ4n) is 6.85. The van der Waals surface area contributed by atoms with Crippen molar-refractivity contribution in [2.24, 2.45) is 0 Å². The molecule has 1 aromatic carbocycles. The van der Waals surface area contributed by atoms with Gasteiger partial charge in [0.2, 0.25) is 0 Å². The Balaban J connectivity index is 1.21. The molecule has 4 aromatic rings. The first kappa shape index (κ1) is 31.3. The molecule has 3 aliphatic rings. The van der Waals surface area contributed by atoms with Gasteiger partial charge in [-0.2, -0.15) is 0 Å². The Labute approximate surface area is 285 Å². The van der Waals surface area contributed by atoms with Gasteiger partial charge < -0.3 is 0 Å². The van der Waals surface area contributed by atoms with E-state index >= 15 is 0 Å². The summed E-state index contributed by atoms with van der Waals surface area (Å²) in [5.74, 6) is 0.623. The number of carbonyl (C=O) groups excluding carboxylic acids is 3. The Morgan fingerprint density at radius 1 is 1.04 bits per heavy atom. The van der Waals surface area contributed by atoms with Gasteiger partial charge in [-0.1, -0.05) is 0 Å². The van der Waals surface area contributed by atoms with Crippen LogP contribution in [0.25, 0.3) is 22.0 Å². The van der Waals surface area contributed by atoms with Crippen LogP contribution in [-0.4, -0.2) is 85.3 Å². The van der Waals surface area contributed by atoms with E-state index in [2.05, 4.69) is 46.2 Å². The fourth-order valence-corrected chi connectivity index (χ4v) is 11.3. The van der Waals surface area contributed by atoms with Crippen LogP contribution in [0.1, 0.15) is 53.6 Å². The first-order valence-electron chi connectivity index (χ1n) is 15.5. The molecule has 3 fully saturated rings. The summed E-state index contributed by atoms with van der Waals surface area (Å²) in [6, 6.07) is 7.07. The van der Waals surface area contributed by atoms with Crippen LogP contribution in [0, 0.1) is 20.8 Å². The Morgan fingerprint density at radius 3 is 2.50 bits per heavy atom. The molecule has 0 unspecified atom stereocenters. The number of aromatic nitrogens is 5. The van der Waals surface area contributed by atoms with E-state index in [4.69, 9.17) is 0 Å². The van der Waals surface area contributed by atoms with Crippen LogP contribution in [-0.2, 0) is 16.1 Å². The number of Topliss-reactive ketones (excluding diaryl/α,β-unsaturated/α-hetero) is 1. The van der Waals surface area contributed by atoms with Crippen LogP contribution in [0.2, 0.25) is 0 Å². The van der Waals surface area contributed by atoms with Crippen molar-refractivity contribution < 1.29 is 35.6 Å². The van der Waals surface area contributed by atoms with Gasteiger partial charge in [0.05, 0.1) is 0 Å². The minimum atomic E-state index is -0.600. The molecule has 1 N–H and O–H groups in total. The molecule has 46 heavy (non-hydrogen) atoms. The molecule has 0 bridgehead atoms. The van der Waals surface area contributed by atoms with Crippen LogP contribution >= 0.6 is 15.9 Å². The first-order chi connectivity index (χ1) is 22.0. The third kappa shape index (κ3) is 5.74. The van der Waals surface area contributed by atoms with Gasteiger partial charge >= 0.3 is 275 Å². The summed E-state index contributed by atoms with van der Waals surface area (Å²) in [6.45, 7) is 10.2. The van der Waals surface area contributed by atoms with Crippen molar-refractivity contribution in [1.82, 2.24) is 34.5 Å². The molecular formula is C33H35BrIN8O3-. The van der Waals surface area contributed by atoms with Crippen LogP contribution in [0.4, 0.5) is 5.82 Å². The molecule has 0 aliphatic carbocycles. The number of alkyl halides is 2. The van der Waals surface area contributed by atoms with E-state index in [-0.39, 0.29) is 52.8 Å². The molecule has 3 atom stereocenters. The Hall–Kier alpha value is -3.30. The van der Waals surface area contributed by atoms with E-state index in [9.17, 15) is 14.4 Å². The summed E-state index contributed by atoms with van der Waals surface area (Å²) >= 11 is 3.11. The number of fused-ring (bicyclic) bond motifs is 2. The molecule has 2 amide bonds. The number of likely N-dealkylation sites (tertiary alicyclic amines) is 2. The molecule has 6 heterocycles. The molecule has 3 saturated heterocycles. The molecule has 7 rings (SSSR count). The van der Waals surface area contributed by atoms with Gasteiger partial charge in [0.15, 0.2) is 0 Å². The number of ketones is 1. The van der Waals surface area contributed by atoms with E-state index in [0.717, 1.165) is 47.4 Å². The number of carbonyl (C=O) groups is 3. The Bertz CT molecular complexity index is 1890. The minimum absolute atomic E-state index is 0.0122. The van der Waals surface area contributed by atoms with Crippen LogP contribution < -0.4 is 26.5 Å². The average molecular weight is 799 g/mol. The molecule has 3 aliphatic heterocycles. The van der Waals surface area contributed by atoms with Gasteiger partial charge in [0, 0.05) is 0 Å². The number of nitrogens with one attached hydrogen (secondary N) is 1. The molecule has 0 saturated carbocycles. The second-order valence-electron chi connectivity index (χ2n) is 12.5. The summed E-state index contributed by atoms with van der Waals surface area (Å²) in [6.07, 6.45) is 6.58. The second-order valence-corrected chi connectivity index (χ2v) is 17.3. The summed E-state index contributed by atoms with van der Waals surface area (Å²) < 4.78 is 2.38. The van der Waals surface area contributed by atoms with Gasteiger partial charge in [-0.25, -0.2) is 0 Å². The zero-order valence-electron chi connectivity index (χ0n) is 26.2. The van der Waals surface area contributed by atoms with Crippen LogP contribution in [0.15, 0.2) is 41.3 Å². The van der Waals surface area contributed by atoms with E-state index < -0.39 is 6.04 Å². The first-order valence-corrected chi connectivity index (χ1v) is 18.6. The molecule has 0 spiro atoms. The predicted molar refractivity (Wildman–Crippen MR) is 173 cm³/mol. The van der Waals surface area contributed by atoms with Crippen LogP contribution in [0.5, 0.6) is 0 Å². The number of aryl methyl sites for hydroxylation is 3. The van der Waals surface area contributed by atoms with Gasteiger partial charge in [-0.3, -0.25) is 0 Å². The maximum absolute atomic E-state index is 14.3. The normalized spacial score (nSPS) is 22.5.